The quantitative estimate of drug-likeness (QED) is 0.161. The number of halogens is 2. The summed E-state index contributed by atoms with van der Waals surface area (Å²) in [7, 11) is -1.58. The number of sulfone groups is 1. The van der Waals surface area contributed by atoms with Gasteiger partial charge in [-0.2, -0.15) is 0 Å². The lowest BCUT2D eigenvalue weighted by molar-refractivity contribution is -0.0430. The Morgan fingerprint density at radius 2 is 1.98 bits per heavy atom. The third-order valence-corrected chi connectivity index (χ3v) is 9.36. The molecule has 9 nitrogen and oxygen atoms in total. The molecule has 0 saturated carbocycles. The van der Waals surface area contributed by atoms with E-state index in [1.807, 2.05) is 36.4 Å². The maximum absolute atomic E-state index is 13.5. The van der Waals surface area contributed by atoms with Gasteiger partial charge in [0.15, 0.2) is 15.4 Å². The first-order valence-corrected chi connectivity index (χ1v) is 16.2. The third kappa shape index (κ3) is 7.26. The maximum Gasteiger partial charge on any atom is 0.163 e. The number of aromatic nitrogens is 2. The molecular formula is C31H31BrFN3O6S. The summed E-state index contributed by atoms with van der Waals surface area (Å²) in [5, 5.41) is 4.08. The molecule has 1 atom stereocenters. The van der Waals surface area contributed by atoms with Gasteiger partial charge in [-0.25, -0.2) is 22.8 Å². The zero-order chi connectivity index (χ0) is 30.5. The molecule has 3 aromatic carbocycles. The van der Waals surface area contributed by atoms with Crippen molar-refractivity contribution in [3.63, 3.8) is 0 Å². The first-order chi connectivity index (χ1) is 20.7. The Labute approximate surface area is 258 Å². The highest BCUT2D eigenvalue weighted by Crippen LogP contribution is 2.43. The van der Waals surface area contributed by atoms with Crippen molar-refractivity contribution in [2.75, 3.05) is 37.1 Å². The fourth-order valence-corrected chi connectivity index (χ4v) is 5.86. The highest BCUT2D eigenvalue weighted by molar-refractivity contribution is 9.10. The minimum atomic E-state index is -3.16. The summed E-state index contributed by atoms with van der Waals surface area (Å²) in [6.07, 6.45) is 5.49. The fourth-order valence-electron chi connectivity index (χ4n) is 4.71. The molecule has 1 unspecified atom stereocenters. The summed E-state index contributed by atoms with van der Waals surface area (Å²) in [5.74, 6) is 1.42. The fraction of sp³-hybridized carbons (Fsp3) is 0.290. The number of benzene rings is 3. The van der Waals surface area contributed by atoms with E-state index < -0.39 is 15.4 Å². The molecule has 1 aromatic heterocycles. The monoisotopic (exact) mass is 671 g/mol. The average Bonchev–Trinajstić information content (AvgIpc) is 3.48. The molecule has 0 radical (unpaired) electrons. The Kier molecular flexibility index (Phi) is 9.48. The molecule has 4 aromatic rings. The zero-order valence-corrected chi connectivity index (χ0v) is 26.1. The highest BCUT2D eigenvalue weighted by Gasteiger charge is 2.39. The van der Waals surface area contributed by atoms with Crippen LogP contribution in [-0.2, 0) is 31.5 Å². The zero-order valence-electron chi connectivity index (χ0n) is 23.7. The number of anilines is 2. The smallest absolute Gasteiger partial charge is 0.163 e. The predicted octanol–water partition coefficient (Wildman–Crippen LogP) is 6.44. The Morgan fingerprint density at radius 1 is 1.12 bits per heavy atom. The Hall–Kier alpha value is -3.74. The minimum absolute atomic E-state index is 0.0594. The molecule has 5 rings (SSSR count). The van der Waals surface area contributed by atoms with Crippen LogP contribution in [0.4, 0.5) is 15.9 Å². The third-order valence-electron chi connectivity index (χ3n) is 7.08. The predicted molar refractivity (Wildman–Crippen MR) is 166 cm³/mol. The average molecular weight is 673 g/mol. The van der Waals surface area contributed by atoms with Gasteiger partial charge in [0, 0.05) is 34.9 Å². The number of nitrogens with zero attached hydrogens (tertiary/aromatic N) is 2. The Morgan fingerprint density at radius 3 is 2.70 bits per heavy atom. The van der Waals surface area contributed by atoms with E-state index in [1.165, 1.54) is 18.5 Å². The van der Waals surface area contributed by atoms with Crippen molar-refractivity contribution in [2.45, 2.75) is 25.6 Å². The maximum atomic E-state index is 13.5. The molecule has 226 valence electrons. The Bertz CT molecular complexity index is 1740. The van der Waals surface area contributed by atoms with E-state index in [0.717, 1.165) is 22.2 Å². The van der Waals surface area contributed by atoms with Crippen molar-refractivity contribution in [2.24, 2.45) is 0 Å². The van der Waals surface area contributed by atoms with Gasteiger partial charge in [-0.1, -0.05) is 19.1 Å². The second-order valence-electron chi connectivity index (χ2n) is 9.96. The van der Waals surface area contributed by atoms with E-state index in [0.29, 0.717) is 33.7 Å². The van der Waals surface area contributed by atoms with E-state index in [9.17, 15) is 12.8 Å². The van der Waals surface area contributed by atoms with Crippen molar-refractivity contribution in [1.82, 2.24) is 9.97 Å². The summed E-state index contributed by atoms with van der Waals surface area (Å²) in [6, 6.07) is 15.5. The van der Waals surface area contributed by atoms with Crippen LogP contribution in [0.2, 0.25) is 0 Å². The van der Waals surface area contributed by atoms with Crippen molar-refractivity contribution >= 4 is 48.2 Å². The normalized spacial score (nSPS) is 16.3. The highest BCUT2D eigenvalue weighted by atomic mass is 79.9. The topological polar surface area (TPSA) is 109 Å². The van der Waals surface area contributed by atoms with Gasteiger partial charge in [-0.05, 0) is 64.0 Å². The van der Waals surface area contributed by atoms with Crippen molar-refractivity contribution < 1.29 is 31.8 Å². The van der Waals surface area contributed by atoms with Crippen molar-refractivity contribution in [1.29, 1.82) is 0 Å². The summed E-state index contributed by atoms with van der Waals surface area (Å²) in [6.45, 7) is 2.03. The first kappa shape index (κ1) is 30.7. The molecule has 0 spiro atoms. The SMILES string of the molecule is CCS(=O)(=O)CCOCC1(c2cc3c(Nc4ccc(OCc5cccc(F)c5)c(Br)c4)ncnc3cc2OC)CC=CO1. The molecule has 1 aliphatic rings. The number of hydrogen-bond acceptors (Lipinski definition) is 9. The summed E-state index contributed by atoms with van der Waals surface area (Å²) in [5.41, 5.74) is 1.95. The van der Waals surface area contributed by atoms with Crippen LogP contribution in [0.3, 0.4) is 0 Å². The van der Waals surface area contributed by atoms with E-state index in [2.05, 4.69) is 31.2 Å². The van der Waals surface area contributed by atoms with Crippen LogP contribution >= 0.6 is 15.9 Å². The number of fused-ring (bicyclic) bond motifs is 1. The molecular weight excluding hydrogens is 641 g/mol. The van der Waals surface area contributed by atoms with E-state index in [1.54, 1.807) is 32.4 Å². The second-order valence-corrected chi connectivity index (χ2v) is 13.3. The number of rotatable bonds is 13. The molecule has 1 N–H and O–H groups in total. The molecule has 1 aliphatic heterocycles. The number of hydrogen-bond donors (Lipinski definition) is 1. The largest absolute Gasteiger partial charge is 0.496 e. The lowest BCUT2D eigenvalue weighted by Gasteiger charge is -2.31. The molecule has 2 heterocycles. The van der Waals surface area contributed by atoms with E-state index in [4.69, 9.17) is 18.9 Å². The van der Waals surface area contributed by atoms with Crippen LogP contribution < -0.4 is 14.8 Å². The van der Waals surface area contributed by atoms with Crippen molar-refractivity contribution in [3.8, 4) is 11.5 Å². The van der Waals surface area contributed by atoms with Crippen LogP contribution in [0, 0.1) is 5.82 Å². The molecule has 12 heteroatoms. The van der Waals surface area contributed by atoms with Crippen LogP contribution in [0.25, 0.3) is 10.9 Å². The van der Waals surface area contributed by atoms with Crippen molar-refractivity contribution in [3.05, 3.63) is 94.7 Å². The molecule has 0 bridgehead atoms. The van der Waals surface area contributed by atoms with Crippen LogP contribution in [0.1, 0.15) is 24.5 Å². The second kappa shape index (κ2) is 13.3. The number of methoxy groups -OCH3 is 1. The number of ether oxygens (including phenoxy) is 4. The Balaban J connectivity index is 1.39. The van der Waals surface area contributed by atoms with Crippen LogP contribution in [-0.4, -0.2) is 50.2 Å². The molecule has 0 saturated heterocycles. The molecule has 43 heavy (non-hydrogen) atoms. The van der Waals surface area contributed by atoms with Gasteiger partial charge in [0.1, 0.15) is 36.1 Å². The van der Waals surface area contributed by atoms with Gasteiger partial charge < -0.3 is 24.3 Å². The van der Waals surface area contributed by atoms with Gasteiger partial charge in [0.05, 0.1) is 42.3 Å². The molecule has 0 fully saturated rings. The van der Waals surface area contributed by atoms with Gasteiger partial charge in [-0.15, -0.1) is 0 Å². The van der Waals surface area contributed by atoms with Crippen LogP contribution in [0.5, 0.6) is 11.5 Å². The van der Waals surface area contributed by atoms with Gasteiger partial charge in [0.25, 0.3) is 0 Å². The van der Waals surface area contributed by atoms with Gasteiger partial charge in [0.2, 0.25) is 0 Å². The lowest BCUT2D eigenvalue weighted by Crippen LogP contribution is -2.32. The first-order valence-electron chi connectivity index (χ1n) is 13.6. The standard InChI is InChI=1S/C31H31BrFN3O6S/c1-3-43(37,38)13-12-40-19-31(10-5-11-42-31)25-16-24-27(17-29(25)39-2)34-20-35-30(24)36-23-8-9-28(26(32)15-23)41-18-21-6-4-7-22(33)14-21/h4-9,11,14-17,20H,3,10,12-13,18-19H2,1-2H3,(H,34,35,36). The van der Waals surface area contributed by atoms with Crippen LogP contribution in [0.15, 0.2) is 77.7 Å². The summed E-state index contributed by atoms with van der Waals surface area (Å²) < 4.78 is 61.6. The van der Waals surface area contributed by atoms with E-state index in [-0.39, 0.29) is 37.1 Å². The number of nitrogens with one attached hydrogen (secondary N) is 1. The van der Waals surface area contributed by atoms with Gasteiger partial charge >= 0.3 is 0 Å². The lowest BCUT2D eigenvalue weighted by atomic mass is 9.90. The van der Waals surface area contributed by atoms with E-state index >= 15 is 0 Å². The summed E-state index contributed by atoms with van der Waals surface area (Å²) >= 11 is 3.56. The minimum Gasteiger partial charge on any atom is -0.496 e. The summed E-state index contributed by atoms with van der Waals surface area (Å²) in [4.78, 5) is 8.94. The molecule has 0 aliphatic carbocycles. The molecule has 0 amide bonds. The van der Waals surface area contributed by atoms with Gasteiger partial charge in [-0.3, -0.25) is 0 Å².